The number of phosphoric acid groups is 1. The van der Waals surface area contributed by atoms with E-state index in [0.29, 0.717) is 13.1 Å². The van der Waals surface area contributed by atoms with Crippen LogP contribution in [0.5, 0.6) is 5.75 Å². The van der Waals surface area contributed by atoms with Gasteiger partial charge < -0.3 is 28.7 Å². The van der Waals surface area contributed by atoms with Crippen molar-refractivity contribution in [3.8, 4) is 5.75 Å². The molecule has 0 bridgehead atoms. The number of ether oxygens (including phenoxy) is 2. The van der Waals surface area contributed by atoms with E-state index in [9.17, 15) is 14.3 Å². The van der Waals surface area contributed by atoms with Crippen molar-refractivity contribution in [2.24, 2.45) is 0 Å². The van der Waals surface area contributed by atoms with E-state index >= 15 is 0 Å². The van der Waals surface area contributed by atoms with Gasteiger partial charge in [-0.05, 0) is 18.6 Å². The van der Waals surface area contributed by atoms with Crippen molar-refractivity contribution in [2.75, 3.05) is 26.9 Å². The van der Waals surface area contributed by atoms with Crippen molar-refractivity contribution >= 4 is 25.3 Å². The quantitative estimate of drug-likeness (QED) is 0.0591. The lowest BCUT2D eigenvalue weighted by Gasteiger charge is -2.25. The molecule has 2 atom stereocenters. The normalized spacial score (nSPS) is 13.3. The number of rotatable bonds is 27. The Morgan fingerprint density at radius 2 is 1.55 bits per heavy atom. The summed E-state index contributed by atoms with van der Waals surface area (Å²) in [5, 5.41) is 4.70. The number of nitrogens with one attached hydrogen (secondary N) is 1. The van der Waals surface area contributed by atoms with Crippen molar-refractivity contribution in [3.05, 3.63) is 46.9 Å². The van der Waals surface area contributed by atoms with Gasteiger partial charge in [-0.25, -0.2) is 4.79 Å². The van der Waals surface area contributed by atoms with Crippen LogP contribution < -0.4 is 19.3 Å². The second-order valence-electron chi connectivity index (χ2n) is 11.4. The number of thiazole rings is 1. The maximum Gasteiger partial charge on any atom is 0.407 e. The minimum absolute atomic E-state index is 0.144. The summed E-state index contributed by atoms with van der Waals surface area (Å²) < 4.78 is 34.9. The van der Waals surface area contributed by atoms with Crippen LogP contribution in [-0.4, -0.2) is 39.1 Å². The monoisotopic (exact) mass is 654 g/mol. The number of hydrogen-bond donors (Lipinski definition) is 1. The zero-order valence-electron chi connectivity index (χ0n) is 26.9. The van der Waals surface area contributed by atoms with E-state index in [1.54, 1.807) is 29.5 Å². The summed E-state index contributed by atoms with van der Waals surface area (Å²) in [6.45, 7) is 2.92. The molecule has 1 aromatic carbocycles. The van der Waals surface area contributed by atoms with Crippen LogP contribution in [0.15, 0.2) is 41.4 Å². The number of unbranched alkanes of at least 4 members (excludes halogenated alkanes) is 15. The van der Waals surface area contributed by atoms with Crippen LogP contribution in [0.2, 0.25) is 0 Å². The number of phosphoric ester groups is 1. The fourth-order valence-corrected chi connectivity index (χ4v) is 6.23. The fourth-order valence-electron chi connectivity index (χ4n) is 4.86. The molecule has 250 valence electrons. The predicted molar refractivity (Wildman–Crippen MR) is 174 cm³/mol. The van der Waals surface area contributed by atoms with Gasteiger partial charge in [-0.2, -0.15) is 4.57 Å². The van der Waals surface area contributed by atoms with Crippen LogP contribution in [0.25, 0.3) is 0 Å². The highest BCUT2D eigenvalue weighted by Gasteiger charge is 2.18. The van der Waals surface area contributed by atoms with Gasteiger partial charge in [-0.15, -0.1) is 0 Å². The van der Waals surface area contributed by atoms with Gasteiger partial charge >= 0.3 is 13.9 Å². The zero-order valence-corrected chi connectivity index (χ0v) is 28.6. The third kappa shape index (κ3) is 19.4. The van der Waals surface area contributed by atoms with E-state index in [4.69, 9.17) is 18.5 Å². The molecule has 1 amide bonds. The number of alkyl carbamates (subject to hydrolysis) is 1. The zero-order chi connectivity index (χ0) is 31.7. The highest BCUT2D eigenvalue weighted by molar-refractivity contribution is 7.46. The molecule has 0 fully saturated rings. The van der Waals surface area contributed by atoms with Gasteiger partial charge in [0.25, 0.3) is 0 Å². The summed E-state index contributed by atoms with van der Waals surface area (Å²) in [7, 11) is -3.26. The Morgan fingerprint density at radius 1 is 0.932 bits per heavy atom. The molecule has 0 aliphatic heterocycles. The smallest absolute Gasteiger partial charge is 0.407 e. The van der Waals surface area contributed by atoms with E-state index < -0.39 is 20.0 Å². The second kappa shape index (κ2) is 24.3. The Balaban J connectivity index is 1.45. The minimum Gasteiger partial charge on any atom is -0.746 e. The molecule has 0 saturated heterocycles. The number of carbonyl (C=O) groups excluding carboxylic acids is 1. The molecule has 9 nitrogen and oxygen atoms in total. The maximum absolute atomic E-state index is 12.4. The van der Waals surface area contributed by atoms with Crippen LogP contribution in [0.1, 0.15) is 115 Å². The summed E-state index contributed by atoms with van der Waals surface area (Å²) in [5.74, 6) is 0.162. The highest BCUT2D eigenvalue weighted by atomic mass is 32.1. The number of carbonyl (C=O) groups is 1. The number of hydrogen-bond acceptors (Lipinski definition) is 8. The van der Waals surface area contributed by atoms with E-state index in [0.717, 1.165) is 18.4 Å². The summed E-state index contributed by atoms with van der Waals surface area (Å²) in [5.41, 5.74) is 2.85. The van der Waals surface area contributed by atoms with Gasteiger partial charge in [0.1, 0.15) is 18.5 Å². The van der Waals surface area contributed by atoms with Gasteiger partial charge in [0, 0.05) is 19.2 Å². The first-order chi connectivity index (χ1) is 21.4. The lowest BCUT2D eigenvalue weighted by atomic mass is 10.0. The molecule has 0 spiro atoms. The molecule has 11 heteroatoms. The molecule has 0 radical (unpaired) electrons. The predicted octanol–water partition coefficient (Wildman–Crippen LogP) is 7.95. The third-order valence-electron chi connectivity index (χ3n) is 7.46. The summed E-state index contributed by atoms with van der Waals surface area (Å²) in [6, 6.07) is 6.81. The largest absolute Gasteiger partial charge is 0.746 e. The average molecular weight is 655 g/mol. The Hall–Kier alpha value is -1.97. The van der Waals surface area contributed by atoms with Crippen molar-refractivity contribution < 1.29 is 37.3 Å². The molecular formula is C33H55N2O7PS. The number of methoxy groups -OCH3 is 1. The van der Waals surface area contributed by atoms with E-state index in [-0.39, 0.29) is 19.0 Å². The maximum atomic E-state index is 12.4. The van der Waals surface area contributed by atoms with Gasteiger partial charge in [-0.1, -0.05) is 127 Å². The van der Waals surface area contributed by atoms with Crippen molar-refractivity contribution in [3.63, 3.8) is 0 Å². The van der Waals surface area contributed by atoms with Crippen LogP contribution in [-0.2, 0) is 25.1 Å². The van der Waals surface area contributed by atoms with Crippen molar-refractivity contribution in [1.82, 2.24) is 5.32 Å². The van der Waals surface area contributed by atoms with Crippen LogP contribution in [0, 0.1) is 0 Å². The number of aromatic nitrogens is 1. The van der Waals surface area contributed by atoms with Crippen LogP contribution >= 0.6 is 19.2 Å². The number of benzene rings is 1. The first-order valence-corrected chi connectivity index (χ1v) is 18.9. The van der Waals surface area contributed by atoms with Gasteiger partial charge in [-0.3, -0.25) is 4.57 Å². The molecule has 1 aromatic heterocycles. The molecule has 2 unspecified atom stereocenters. The van der Waals surface area contributed by atoms with E-state index in [1.807, 2.05) is 27.7 Å². The van der Waals surface area contributed by atoms with Gasteiger partial charge in [0.2, 0.25) is 5.51 Å². The minimum atomic E-state index is -4.66. The molecule has 44 heavy (non-hydrogen) atoms. The molecule has 2 rings (SSSR count). The molecule has 1 N–H and O–H groups in total. The second-order valence-corrected chi connectivity index (χ2v) is 13.5. The lowest BCUT2D eigenvalue weighted by Crippen LogP contribution is -2.32. The topological polar surface area (TPSA) is 110 Å². The number of amides is 1. The Bertz CT molecular complexity index is 1040. The first kappa shape index (κ1) is 38.2. The Labute approximate surface area is 269 Å². The standard InChI is InChI=1S/C33H55N2O7PS/c1-3-4-5-6-7-8-9-10-11-12-13-14-15-16-17-18-22-34-33(36)40-27-32(39-2)28-41-43(37,38)42-31-21-19-20-30(25-31)26-35-23-24-44-29-35/h19-21,23-25,29,32H,3-18,22,26-28H2,1-2H3,(H-,34,36,37,38). The molecular weight excluding hydrogens is 599 g/mol. The fraction of sp³-hybridized carbons (Fsp3) is 0.697. The first-order valence-electron chi connectivity index (χ1n) is 16.5. The third-order valence-corrected chi connectivity index (χ3v) is 9.03. The molecule has 0 aliphatic rings. The summed E-state index contributed by atoms with van der Waals surface area (Å²) in [4.78, 5) is 24.4. The summed E-state index contributed by atoms with van der Waals surface area (Å²) in [6.07, 6.45) is 21.4. The Kier molecular flexibility index (Phi) is 21.1. The SMILES string of the molecule is CCCCCCCCCCCCCCCCCCNC(=O)OCC(COP(=O)([O-])Oc1cccc(C[n+]2ccsc2)c1)OC. The van der Waals surface area contributed by atoms with E-state index in [2.05, 4.69) is 12.2 Å². The van der Waals surface area contributed by atoms with Crippen molar-refractivity contribution in [1.29, 1.82) is 0 Å². The number of nitrogens with zero attached hydrogens (tertiary/aromatic N) is 1. The molecule has 2 aromatic rings. The van der Waals surface area contributed by atoms with Crippen LogP contribution in [0.4, 0.5) is 4.79 Å². The van der Waals surface area contributed by atoms with Gasteiger partial charge in [0.15, 0.2) is 12.7 Å². The lowest BCUT2D eigenvalue weighted by molar-refractivity contribution is -0.683. The molecule has 1 heterocycles. The average Bonchev–Trinajstić information content (AvgIpc) is 3.51. The van der Waals surface area contributed by atoms with Crippen LogP contribution in [0.3, 0.4) is 0 Å². The summed E-state index contributed by atoms with van der Waals surface area (Å²) >= 11 is 1.57. The molecule has 0 aliphatic carbocycles. The van der Waals surface area contributed by atoms with E-state index in [1.165, 1.54) is 97.0 Å². The van der Waals surface area contributed by atoms with Gasteiger partial charge in [0.05, 0.1) is 12.0 Å². The van der Waals surface area contributed by atoms with Crippen molar-refractivity contribution in [2.45, 2.75) is 122 Å². The highest BCUT2D eigenvalue weighted by Crippen LogP contribution is 2.39. The molecule has 0 saturated carbocycles. The Morgan fingerprint density at radius 3 is 2.11 bits per heavy atom.